The fraction of sp³-hybridized carbons (Fsp3) is 0.357. The van der Waals surface area contributed by atoms with Gasteiger partial charge in [-0.3, -0.25) is 4.79 Å². The second kappa shape index (κ2) is 7.16. The van der Waals surface area contributed by atoms with Gasteiger partial charge in [-0.25, -0.2) is 0 Å². The third-order valence-electron chi connectivity index (χ3n) is 2.99. The molecular weight excluding hydrogens is 264 g/mol. The molecule has 0 aromatic heterocycles. The molecule has 5 heteroatoms. The highest BCUT2D eigenvalue weighted by Crippen LogP contribution is 2.21. The molecule has 2 N–H and O–H groups in total. The van der Waals surface area contributed by atoms with Crippen LogP contribution in [0.15, 0.2) is 36.9 Å². The lowest BCUT2D eigenvalue weighted by Crippen LogP contribution is -2.32. The Morgan fingerprint density at radius 1 is 1.53 bits per heavy atom. The minimum Gasteiger partial charge on any atom is -0.489 e. The molecule has 1 saturated heterocycles. The number of nitrogens with zero attached hydrogens (tertiary/aromatic N) is 1. The summed E-state index contributed by atoms with van der Waals surface area (Å²) in [7, 11) is 0. The minimum atomic E-state index is -0.0115. The van der Waals surface area contributed by atoms with Crippen molar-refractivity contribution in [2.45, 2.75) is 12.5 Å². The van der Waals surface area contributed by atoms with Crippen molar-refractivity contribution in [2.75, 3.05) is 19.7 Å². The first-order valence-corrected chi connectivity index (χ1v) is 6.10. The number of amides is 1. The van der Waals surface area contributed by atoms with Crippen molar-refractivity contribution in [1.29, 1.82) is 0 Å². The third-order valence-corrected chi connectivity index (χ3v) is 2.99. The number of para-hydroxylation sites is 1. The van der Waals surface area contributed by atoms with Crippen LogP contribution >= 0.6 is 12.4 Å². The van der Waals surface area contributed by atoms with E-state index in [0.717, 1.165) is 13.0 Å². The average Bonchev–Trinajstić information content (AvgIpc) is 2.82. The number of ether oxygens (including phenoxy) is 1. The van der Waals surface area contributed by atoms with E-state index in [2.05, 4.69) is 6.58 Å². The lowest BCUT2D eigenvalue weighted by Gasteiger charge is -2.17. The van der Waals surface area contributed by atoms with Gasteiger partial charge in [-0.1, -0.05) is 24.8 Å². The van der Waals surface area contributed by atoms with Crippen LogP contribution in [0.4, 0.5) is 0 Å². The second-order valence-electron chi connectivity index (χ2n) is 4.40. The Balaban J connectivity index is 0.00000180. The number of carbonyl (C=O) groups is 1. The lowest BCUT2D eigenvalue weighted by atomic mass is 10.2. The summed E-state index contributed by atoms with van der Waals surface area (Å²) in [6, 6.07) is 7.36. The van der Waals surface area contributed by atoms with Gasteiger partial charge in [0.05, 0.1) is 5.56 Å². The number of hydrogen-bond acceptors (Lipinski definition) is 3. The summed E-state index contributed by atoms with van der Waals surface area (Å²) in [6.07, 6.45) is 2.52. The van der Waals surface area contributed by atoms with Gasteiger partial charge in [0.15, 0.2) is 0 Å². The topological polar surface area (TPSA) is 55.6 Å². The largest absolute Gasteiger partial charge is 0.489 e. The molecule has 4 nitrogen and oxygen atoms in total. The van der Waals surface area contributed by atoms with Gasteiger partial charge < -0.3 is 15.4 Å². The van der Waals surface area contributed by atoms with Gasteiger partial charge in [0.25, 0.3) is 5.91 Å². The van der Waals surface area contributed by atoms with E-state index < -0.39 is 0 Å². The van der Waals surface area contributed by atoms with Crippen molar-refractivity contribution < 1.29 is 9.53 Å². The average molecular weight is 283 g/mol. The van der Waals surface area contributed by atoms with Crippen molar-refractivity contribution in [3.63, 3.8) is 0 Å². The SMILES string of the molecule is C=CCOc1ccccc1C(=O)N1CC[C@@H](N)C1.Cl. The van der Waals surface area contributed by atoms with Crippen LogP contribution in [-0.4, -0.2) is 36.5 Å². The van der Waals surface area contributed by atoms with Crippen LogP contribution in [0.1, 0.15) is 16.8 Å². The minimum absolute atomic E-state index is 0. The summed E-state index contributed by atoms with van der Waals surface area (Å²) in [5.74, 6) is 0.588. The van der Waals surface area contributed by atoms with E-state index in [1.54, 1.807) is 23.1 Å². The summed E-state index contributed by atoms with van der Waals surface area (Å²) in [6.45, 7) is 5.33. The molecule has 0 spiro atoms. The summed E-state index contributed by atoms with van der Waals surface area (Å²) in [4.78, 5) is 14.1. The van der Waals surface area contributed by atoms with Crippen LogP contribution in [0.25, 0.3) is 0 Å². The van der Waals surface area contributed by atoms with Gasteiger partial charge in [0.1, 0.15) is 12.4 Å². The maximum Gasteiger partial charge on any atom is 0.257 e. The Labute approximate surface area is 119 Å². The number of halogens is 1. The van der Waals surface area contributed by atoms with Gasteiger partial charge >= 0.3 is 0 Å². The monoisotopic (exact) mass is 282 g/mol. The highest BCUT2D eigenvalue weighted by atomic mass is 35.5. The number of rotatable bonds is 4. The fourth-order valence-corrected chi connectivity index (χ4v) is 2.06. The molecule has 2 rings (SSSR count). The maximum absolute atomic E-state index is 12.3. The quantitative estimate of drug-likeness (QED) is 0.858. The third kappa shape index (κ3) is 3.72. The van der Waals surface area contributed by atoms with Gasteiger partial charge in [0.2, 0.25) is 0 Å². The van der Waals surface area contributed by atoms with E-state index in [-0.39, 0.29) is 24.4 Å². The molecule has 1 atom stereocenters. The first-order valence-electron chi connectivity index (χ1n) is 6.10. The Morgan fingerprint density at radius 3 is 2.89 bits per heavy atom. The maximum atomic E-state index is 12.3. The molecule has 104 valence electrons. The van der Waals surface area contributed by atoms with Gasteiger partial charge in [-0.05, 0) is 18.6 Å². The zero-order valence-corrected chi connectivity index (χ0v) is 11.6. The molecule has 19 heavy (non-hydrogen) atoms. The van der Waals surface area contributed by atoms with Gasteiger partial charge in [-0.15, -0.1) is 12.4 Å². The van der Waals surface area contributed by atoms with Crippen LogP contribution in [0.2, 0.25) is 0 Å². The molecule has 1 fully saturated rings. The Kier molecular flexibility index (Phi) is 5.86. The molecule has 1 aromatic carbocycles. The van der Waals surface area contributed by atoms with Crippen molar-refractivity contribution >= 4 is 18.3 Å². The molecule has 0 aliphatic carbocycles. The zero-order valence-electron chi connectivity index (χ0n) is 10.7. The number of carbonyl (C=O) groups excluding carboxylic acids is 1. The molecule has 1 aromatic rings. The van der Waals surface area contributed by atoms with Crippen molar-refractivity contribution in [3.05, 3.63) is 42.5 Å². The molecule has 0 radical (unpaired) electrons. The van der Waals surface area contributed by atoms with E-state index in [1.165, 1.54) is 0 Å². The molecular formula is C14H19ClN2O2. The van der Waals surface area contributed by atoms with Gasteiger partial charge in [0, 0.05) is 19.1 Å². The van der Waals surface area contributed by atoms with E-state index in [1.807, 2.05) is 12.1 Å². The molecule has 1 heterocycles. The Morgan fingerprint density at radius 2 is 2.26 bits per heavy atom. The molecule has 1 amide bonds. The molecule has 0 bridgehead atoms. The zero-order chi connectivity index (χ0) is 13.0. The normalized spacial score (nSPS) is 17.7. The summed E-state index contributed by atoms with van der Waals surface area (Å²) < 4.78 is 5.50. The molecule has 0 unspecified atom stereocenters. The Bertz CT molecular complexity index is 451. The number of benzene rings is 1. The van der Waals surface area contributed by atoms with Crippen LogP contribution in [0.3, 0.4) is 0 Å². The number of nitrogens with two attached hydrogens (primary N) is 1. The fourth-order valence-electron chi connectivity index (χ4n) is 2.06. The second-order valence-corrected chi connectivity index (χ2v) is 4.40. The van der Waals surface area contributed by atoms with E-state index in [9.17, 15) is 4.79 Å². The van der Waals surface area contributed by atoms with Crippen LogP contribution in [-0.2, 0) is 0 Å². The van der Waals surface area contributed by atoms with Crippen LogP contribution in [0.5, 0.6) is 5.75 Å². The summed E-state index contributed by atoms with van der Waals surface area (Å²) >= 11 is 0. The van der Waals surface area contributed by atoms with Crippen molar-refractivity contribution in [2.24, 2.45) is 5.73 Å². The van der Waals surface area contributed by atoms with Crippen molar-refractivity contribution in [1.82, 2.24) is 4.90 Å². The standard InChI is InChI=1S/C14H18N2O2.ClH/c1-2-9-18-13-6-4-3-5-12(13)14(17)16-8-7-11(15)10-16;/h2-6,11H,1,7-10,15H2;1H/t11-;/m1./s1. The molecule has 0 saturated carbocycles. The van der Waals surface area contributed by atoms with Crippen LogP contribution < -0.4 is 10.5 Å². The van der Waals surface area contributed by atoms with E-state index >= 15 is 0 Å². The first kappa shape index (κ1) is 15.5. The smallest absolute Gasteiger partial charge is 0.257 e. The Hall–Kier alpha value is -1.52. The highest BCUT2D eigenvalue weighted by Gasteiger charge is 2.26. The van der Waals surface area contributed by atoms with E-state index in [0.29, 0.717) is 24.5 Å². The number of likely N-dealkylation sites (tertiary alicyclic amines) is 1. The lowest BCUT2D eigenvalue weighted by molar-refractivity contribution is 0.0787. The highest BCUT2D eigenvalue weighted by molar-refractivity contribution is 5.97. The summed E-state index contributed by atoms with van der Waals surface area (Å²) in [5.41, 5.74) is 6.41. The number of hydrogen-bond donors (Lipinski definition) is 1. The van der Waals surface area contributed by atoms with Crippen molar-refractivity contribution in [3.8, 4) is 5.75 Å². The van der Waals surface area contributed by atoms with E-state index in [4.69, 9.17) is 10.5 Å². The molecule has 1 aliphatic rings. The van der Waals surface area contributed by atoms with Gasteiger partial charge in [-0.2, -0.15) is 0 Å². The van der Waals surface area contributed by atoms with Crippen LogP contribution in [0, 0.1) is 0 Å². The first-order chi connectivity index (χ1) is 8.72. The predicted molar refractivity (Wildman–Crippen MR) is 77.9 cm³/mol. The molecule has 1 aliphatic heterocycles. The predicted octanol–water partition coefficient (Wildman–Crippen LogP) is 1.85. The summed E-state index contributed by atoms with van der Waals surface area (Å²) in [5, 5.41) is 0.